The largest absolute Gasteiger partial charge is 0.371 e. The Balaban J connectivity index is 1.74. The summed E-state index contributed by atoms with van der Waals surface area (Å²) in [5.41, 5.74) is 2.52. The first kappa shape index (κ1) is 11.3. The van der Waals surface area contributed by atoms with Crippen LogP contribution in [0.2, 0.25) is 0 Å². The van der Waals surface area contributed by atoms with Crippen LogP contribution in [-0.4, -0.2) is 13.1 Å². The molecule has 3 rings (SSSR count). The summed E-state index contributed by atoms with van der Waals surface area (Å²) in [5, 5.41) is 0. The van der Waals surface area contributed by atoms with Crippen molar-refractivity contribution in [2.75, 3.05) is 18.0 Å². The van der Waals surface area contributed by atoms with Crippen molar-refractivity contribution in [2.24, 2.45) is 0 Å². The SMILES string of the molecule is Fc1ccc(N2CCC(c3ccccc3)C2)cc1. The van der Waals surface area contributed by atoms with Gasteiger partial charge in [0.15, 0.2) is 0 Å². The fraction of sp³-hybridized carbons (Fsp3) is 0.250. The molecule has 0 aliphatic carbocycles. The maximum Gasteiger partial charge on any atom is 0.123 e. The van der Waals surface area contributed by atoms with Gasteiger partial charge in [0.05, 0.1) is 0 Å². The van der Waals surface area contributed by atoms with Gasteiger partial charge in [-0.2, -0.15) is 0 Å². The number of halogens is 1. The van der Waals surface area contributed by atoms with Crippen LogP contribution in [0.25, 0.3) is 0 Å². The molecule has 0 bridgehead atoms. The lowest BCUT2D eigenvalue weighted by Gasteiger charge is -2.18. The molecule has 1 nitrogen and oxygen atoms in total. The van der Waals surface area contributed by atoms with Gasteiger partial charge >= 0.3 is 0 Å². The molecule has 1 heterocycles. The predicted molar refractivity (Wildman–Crippen MR) is 72.4 cm³/mol. The molecule has 0 amide bonds. The number of rotatable bonds is 2. The standard InChI is InChI=1S/C16H16FN/c17-15-6-8-16(9-7-15)18-11-10-14(12-18)13-4-2-1-3-5-13/h1-9,14H,10-12H2. The fourth-order valence-corrected chi connectivity index (χ4v) is 2.64. The van der Waals surface area contributed by atoms with Crippen LogP contribution < -0.4 is 4.90 Å². The summed E-state index contributed by atoms with van der Waals surface area (Å²) in [5.74, 6) is 0.425. The van der Waals surface area contributed by atoms with Crippen LogP contribution in [0.3, 0.4) is 0 Å². The molecule has 0 N–H and O–H groups in total. The van der Waals surface area contributed by atoms with Crippen molar-refractivity contribution in [1.29, 1.82) is 0 Å². The average Bonchev–Trinajstić information content (AvgIpc) is 2.90. The van der Waals surface area contributed by atoms with Gasteiger partial charge in [-0.15, -0.1) is 0 Å². The monoisotopic (exact) mass is 241 g/mol. The summed E-state index contributed by atoms with van der Waals surface area (Å²) in [7, 11) is 0. The second-order valence-corrected chi connectivity index (χ2v) is 4.82. The first-order valence-corrected chi connectivity index (χ1v) is 6.38. The highest BCUT2D eigenvalue weighted by Gasteiger charge is 2.23. The van der Waals surface area contributed by atoms with Gasteiger partial charge in [0.1, 0.15) is 5.82 Å². The van der Waals surface area contributed by atoms with E-state index in [1.807, 2.05) is 12.1 Å². The van der Waals surface area contributed by atoms with Crippen LogP contribution in [0.15, 0.2) is 54.6 Å². The van der Waals surface area contributed by atoms with Crippen molar-refractivity contribution in [3.8, 4) is 0 Å². The van der Waals surface area contributed by atoms with Crippen molar-refractivity contribution in [3.63, 3.8) is 0 Å². The molecular weight excluding hydrogens is 225 g/mol. The maximum absolute atomic E-state index is 12.9. The quantitative estimate of drug-likeness (QED) is 0.772. The zero-order chi connectivity index (χ0) is 12.4. The second kappa shape index (κ2) is 4.81. The van der Waals surface area contributed by atoms with Gasteiger partial charge in [-0.3, -0.25) is 0 Å². The fourth-order valence-electron chi connectivity index (χ4n) is 2.64. The van der Waals surface area contributed by atoms with Gasteiger partial charge in [0.25, 0.3) is 0 Å². The minimum Gasteiger partial charge on any atom is -0.371 e. The van der Waals surface area contributed by atoms with Crippen molar-refractivity contribution >= 4 is 5.69 Å². The summed E-state index contributed by atoms with van der Waals surface area (Å²) >= 11 is 0. The highest BCUT2D eigenvalue weighted by molar-refractivity contribution is 5.48. The Morgan fingerprint density at radius 3 is 2.39 bits per heavy atom. The Labute approximate surface area is 107 Å². The lowest BCUT2D eigenvalue weighted by atomic mass is 9.99. The number of anilines is 1. The molecule has 2 heteroatoms. The molecule has 1 atom stereocenters. The summed E-state index contributed by atoms with van der Waals surface area (Å²) in [6.07, 6.45) is 1.17. The summed E-state index contributed by atoms with van der Waals surface area (Å²) < 4.78 is 12.9. The summed E-state index contributed by atoms with van der Waals surface area (Å²) in [4.78, 5) is 2.33. The minimum absolute atomic E-state index is 0.169. The van der Waals surface area contributed by atoms with Crippen LogP contribution in [0.4, 0.5) is 10.1 Å². The topological polar surface area (TPSA) is 3.24 Å². The highest BCUT2D eigenvalue weighted by Crippen LogP contribution is 2.30. The Hall–Kier alpha value is -1.83. The van der Waals surface area contributed by atoms with Crippen LogP contribution >= 0.6 is 0 Å². The van der Waals surface area contributed by atoms with Crippen LogP contribution in [0.1, 0.15) is 17.9 Å². The molecule has 1 aliphatic heterocycles. The lowest BCUT2D eigenvalue weighted by Crippen LogP contribution is -2.18. The van der Waals surface area contributed by atoms with Crippen molar-refractivity contribution < 1.29 is 4.39 Å². The van der Waals surface area contributed by atoms with E-state index in [2.05, 4.69) is 35.2 Å². The van der Waals surface area contributed by atoms with Crippen molar-refractivity contribution in [1.82, 2.24) is 0 Å². The van der Waals surface area contributed by atoms with E-state index in [1.165, 1.54) is 24.1 Å². The molecule has 2 aromatic rings. The van der Waals surface area contributed by atoms with Crippen molar-refractivity contribution in [3.05, 3.63) is 66.0 Å². The molecule has 0 aromatic heterocycles. The number of nitrogens with zero attached hydrogens (tertiary/aromatic N) is 1. The van der Waals surface area contributed by atoms with Gasteiger partial charge in [-0.1, -0.05) is 30.3 Å². The number of benzene rings is 2. The zero-order valence-electron chi connectivity index (χ0n) is 10.2. The summed E-state index contributed by atoms with van der Waals surface area (Å²) in [6.45, 7) is 2.07. The molecule has 0 saturated carbocycles. The van der Waals surface area contributed by atoms with Gasteiger partial charge in [-0.05, 0) is 36.2 Å². The molecule has 0 spiro atoms. The van der Waals surface area contributed by atoms with Gasteiger partial charge < -0.3 is 4.90 Å². The molecule has 1 unspecified atom stereocenters. The molecular formula is C16H16FN. The first-order chi connectivity index (χ1) is 8.83. The van der Waals surface area contributed by atoms with Gasteiger partial charge in [0.2, 0.25) is 0 Å². The van der Waals surface area contributed by atoms with E-state index >= 15 is 0 Å². The van der Waals surface area contributed by atoms with E-state index in [9.17, 15) is 4.39 Å². The third-order valence-electron chi connectivity index (χ3n) is 3.65. The van der Waals surface area contributed by atoms with Crippen LogP contribution in [0, 0.1) is 5.82 Å². The van der Waals surface area contributed by atoms with Crippen LogP contribution in [0.5, 0.6) is 0 Å². The van der Waals surface area contributed by atoms with E-state index in [-0.39, 0.29) is 5.82 Å². The van der Waals surface area contributed by atoms with E-state index in [0.717, 1.165) is 18.8 Å². The number of hydrogen-bond acceptors (Lipinski definition) is 1. The molecule has 1 fully saturated rings. The summed E-state index contributed by atoms with van der Waals surface area (Å²) in [6, 6.07) is 17.4. The van der Waals surface area contributed by atoms with E-state index < -0.39 is 0 Å². The third kappa shape index (κ3) is 2.23. The maximum atomic E-state index is 12.9. The normalized spacial score (nSPS) is 19.2. The Morgan fingerprint density at radius 1 is 0.944 bits per heavy atom. The molecule has 18 heavy (non-hydrogen) atoms. The highest BCUT2D eigenvalue weighted by atomic mass is 19.1. The van der Waals surface area contributed by atoms with E-state index in [4.69, 9.17) is 0 Å². The Bertz CT molecular complexity index is 506. The Morgan fingerprint density at radius 2 is 1.67 bits per heavy atom. The molecule has 92 valence electrons. The van der Waals surface area contributed by atoms with Gasteiger partial charge in [0, 0.05) is 24.7 Å². The van der Waals surface area contributed by atoms with Gasteiger partial charge in [-0.25, -0.2) is 4.39 Å². The molecule has 1 aliphatic rings. The van der Waals surface area contributed by atoms with E-state index in [1.54, 1.807) is 0 Å². The first-order valence-electron chi connectivity index (χ1n) is 6.38. The third-order valence-corrected chi connectivity index (χ3v) is 3.65. The van der Waals surface area contributed by atoms with Crippen molar-refractivity contribution in [2.45, 2.75) is 12.3 Å². The second-order valence-electron chi connectivity index (χ2n) is 4.82. The zero-order valence-corrected chi connectivity index (χ0v) is 10.2. The van der Waals surface area contributed by atoms with Crippen LogP contribution in [-0.2, 0) is 0 Å². The average molecular weight is 241 g/mol. The molecule has 2 aromatic carbocycles. The smallest absolute Gasteiger partial charge is 0.123 e. The van der Waals surface area contributed by atoms with E-state index in [0.29, 0.717) is 5.92 Å². The molecule has 1 saturated heterocycles. The predicted octanol–water partition coefficient (Wildman–Crippen LogP) is 3.82. The number of hydrogen-bond donors (Lipinski definition) is 0. The minimum atomic E-state index is -0.169. The lowest BCUT2D eigenvalue weighted by molar-refractivity contribution is 0.627. The molecule has 0 radical (unpaired) electrons. The Kier molecular flexibility index (Phi) is 3.01.